The molecule has 1 aliphatic carbocycles. The second kappa shape index (κ2) is 7.51. The molecular weight excluding hydrogens is 338 g/mol. The summed E-state index contributed by atoms with van der Waals surface area (Å²) in [4.78, 5) is 23.6. The molecule has 2 aromatic rings. The lowest BCUT2D eigenvalue weighted by Crippen LogP contribution is -2.23. The number of hydrogen-bond acceptors (Lipinski definition) is 5. The van der Waals surface area contributed by atoms with Gasteiger partial charge in [0.05, 0.1) is 25.8 Å². The number of hydrogen-bond donors (Lipinski definition) is 2. The van der Waals surface area contributed by atoms with Crippen molar-refractivity contribution in [3.8, 4) is 11.5 Å². The second-order valence-corrected chi connectivity index (χ2v) is 6.29. The number of carbonyl (C=O) groups excluding carboxylic acids is 1. The number of rotatable bonds is 8. The van der Waals surface area contributed by atoms with Crippen LogP contribution in [0.1, 0.15) is 45.1 Å². The van der Waals surface area contributed by atoms with E-state index in [4.69, 9.17) is 19.0 Å². The SMILES string of the molecule is COc1ccc(C(=O)NCc2cc(C(=O)O)c(C)o2)c(OCC2CC2)c1. The molecule has 1 aromatic carbocycles. The highest BCUT2D eigenvalue weighted by atomic mass is 16.5. The van der Waals surface area contributed by atoms with Crippen LogP contribution in [0.15, 0.2) is 28.7 Å². The maximum absolute atomic E-state index is 12.5. The molecule has 1 amide bonds. The minimum Gasteiger partial charge on any atom is -0.497 e. The van der Waals surface area contributed by atoms with Crippen LogP contribution < -0.4 is 14.8 Å². The number of aromatic carboxylic acids is 1. The normalized spacial score (nSPS) is 13.3. The standard InChI is InChI=1S/C19H21NO6/c1-11-16(19(22)23)7-14(26-11)9-20-18(21)15-6-5-13(24-2)8-17(15)25-10-12-3-4-12/h5-8,12H,3-4,9-10H2,1-2H3,(H,20,21)(H,22,23). The van der Waals surface area contributed by atoms with Crippen LogP contribution in [-0.2, 0) is 6.54 Å². The first-order chi connectivity index (χ1) is 12.5. The van der Waals surface area contributed by atoms with E-state index in [0.717, 1.165) is 12.8 Å². The van der Waals surface area contributed by atoms with Crippen LogP contribution in [0.5, 0.6) is 11.5 Å². The zero-order valence-electron chi connectivity index (χ0n) is 14.7. The van der Waals surface area contributed by atoms with Crippen molar-refractivity contribution in [3.63, 3.8) is 0 Å². The van der Waals surface area contributed by atoms with Crippen molar-refractivity contribution < 1.29 is 28.6 Å². The first-order valence-electron chi connectivity index (χ1n) is 8.39. The summed E-state index contributed by atoms with van der Waals surface area (Å²) in [6.45, 7) is 2.23. The number of ether oxygens (including phenoxy) is 2. The van der Waals surface area contributed by atoms with Gasteiger partial charge in [0, 0.05) is 6.07 Å². The summed E-state index contributed by atoms with van der Waals surface area (Å²) in [5, 5.41) is 11.8. The number of benzene rings is 1. The Hall–Kier alpha value is -2.96. The molecule has 2 N–H and O–H groups in total. The molecule has 0 radical (unpaired) electrons. The number of nitrogens with one attached hydrogen (secondary N) is 1. The minimum atomic E-state index is -1.06. The summed E-state index contributed by atoms with van der Waals surface area (Å²) < 4.78 is 16.4. The molecule has 0 saturated heterocycles. The number of methoxy groups -OCH3 is 1. The van der Waals surface area contributed by atoms with Gasteiger partial charge in [-0.25, -0.2) is 4.79 Å². The lowest BCUT2D eigenvalue weighted by Gasteiger charge is -2.12. The van der Waals surface area contributed by atoms with E-state index in [9.17, 15) is 9.59 Å². The van der Waals surface area contributed by atoms with E-state index in [1.54, 1.807) is 32.2 Å². The van der Waals surface area contributed by atoms with E-state index in [0.29, 0.717) is 41.1 Å². The van der Waals surface area contributed by atoms with Gasteiger partial charge in [-0.2, -0.15) is 0 Å². The van der Waals surface area contributed by atoms with E-state index in [1.807, 2.05) is 0 Å². The van der Waals surface area contributed by atoms with Gasteiger partial charge in [0.25, 0.3) is 5.91 Å². The van der Waals surface area contributed by atoms with Crippen LogP contribution in [0.25, 0.3) is 0 Å². The molecule has 0 aliphatic heterocycles. The minimum absolute atomic E-state index is 0.0844. The zero-order valence-corrected chi connectivity index (χ0v) is 14.7. The summed E-state index contributed by atoms with van der Waals surface area (Å²) in [7, 11) is 1.55. The van der Waals surface area contributed by atoms with E-state index in [2.05, 4.69) is 5.32 Å². The molecule has 1 aliphatic rings. The summed E-state index contributed by atoms with van der Waals surface area (Å²) in [6.07, 6.45) is 2.30. The molecule has 0 atom stereocenters. The highest BCUT2D eigenvalue weighted by molar-refractivity contribution is 5.97. The van der Waals surface area contributed by atoms with Gasteiger partial charge in [-0.3, -0.25) is 4.79 Å². The first-order valence-corrected chi connectivity index (χ1v) is 8.39. The van der Waals surface area contributed by atoms with Crippen LogP contribution in [0.2, 0.25) is 0 Å². The largest absolute Gasteiger partial charge is 0.497 e. The van der Waals surface area contributed by atoms with Crippen LogP contribution in [0.4, 0.5) is 0 Å². The number of furan rings is 1. The molecule has 0 bridgehead atoms. The van der Waals surface area contributed by atoms with Crippen molar-refractivity contribution in [3.05, 3.63) is 46.9 Å². The van der Waals surface area contributed by atoms with Gasteiger partial charge in [-0.1, -0.05) is 0 Å². The van der Waals surface area contributed by atoms with Crippen molar-refractivity contribution >= 4 is 11.9 Å². The molecule has 1 fully saturated rings. The highest BCUT2D eigenvalue weighted by Gasteiger charge is 2.23. The second-order valence-electron chi connectivity index (χ2n) is 6.29. The number of amides is 1. The third-order valence-corrected chi connectivity index (χ3v) is 4.23. The monoisotopic (exact) mass is 359 g/mol. The summed E-state index contributed by atoms with van der Waals surface area (Å²) in [5.41, 5.74) is 0.486. The smallest absolute Gasteiger partial charge is 0.339 e. The fraction of sp³-hybridized carbons (Fsp3) is 0.368. The van der Waals surface area contributed by atoms with E-state index >= 15 is 0 Å². The molecular formula is C19H21NO6. The average Bonchev–Trinajstić information content (AvgIpc) is 3.38. The Kier molecular flexibility index (Phi) is 5.16. The van der Waals surface area contributed by atoms with Gasteiger partial charge in [0.2, 0.25) is 0 Å². The molecule has 1 saturated carbocycles. The Morgan fingerprint density at radius 2 is 2.04 bits per heavy atom. The fourth-order valence-electron chi connectivity index (χ4n) is 2.53. The number of carboxylic acids is 1. The molecule has 3 rings (SSSR count). The molecule has 7 nitrogen and oxygen atoms in total. The molecule has 138 valence electrons. The van der Waals surface area contributed by atoms with Crippen LogP contribution in [-0.4, -0.2) is 30.7 Å². The van der Waals surface area contributed by atoms with Crippen LogP contribution in [0.3, 0.4) is 0 Å². The van der Waals surface area contributed by atoms with Gasteiger partial charge >= 0.3 is 5.97 Å². The Labute approximate surface area is 150 Å². The topological polar surface area (TPSA) is 98.0 Å². The van der Waals surface area contributed by atoms with Crippen molar-refractivity contribution in [2.24, 2.45) is 5.92 Å². The number of carboxylic acid groups (broad SMARTS) is 1. The molecule has 7 heteroatoms. The zero-order chi connectivity index (χ0) is 18.7. The van der Waals surface area contributed by atoms with Crippen molar-refractivity contribution in [1.29, 1.82) is 0 Å². The van der Waals surface area contributed by atoms with E-state index in [1.165, 1.54) is 6.07 Å². The number of aryl methyl sites for hydroxylation is 1. The third-order valence-electron chi connectivity index (χ3n) is 4.23. The highest BCUT2D eigenvalue weighted by Crippen LogP contribution is 2.31. The van der Waals surface area contributed by atoms with Gasteiger partial charge in [-0.05, 0) is 43.9 Å². The summed E-state index contributed by atoms with van der Waals surface area (Å²) >= 11 is 0. The predicted molar refractivity (Wildman–Crippen MR) is 92.8 cm³/mol. The lowest BCUT2D eigenvalue weighted by molar-refractivity contribution is 0.0694. The molecule has 1 heterocycles. The van der Waals surface area contributed by atoms with Gasteiger partial charge < -0.3 is 24.3 Å². The van der Waals surface area contributed by atoms with Gasteiger partial charge in [0.15, 0.2) is 0 Å². The van der Waals surface area contributed by atoms with Crippen molar-refractivity contribution in [1.82, 2.24) is 5.32 Å². The lowest BCUT2D eigenvalue weighted by atomic mass is 10.1. The summed E-state index contributed by atoms with van der Waals surface area (Å²) in [5.74, 6) is 0.925. The Morgan fingerprint density at radius 1 is 1.27 bits per heavy atom. The van der Waals surface area contributed by atoms with Gasteiger partial charge in [-0.15, -0.1) is 0 Å². The van der Waals surface area contributed by atoms with Crippen LogP contribution in [0, 0.1) is 12.8 Å². The van der Waals surface area contributed by atoms with E-state index < -0.39 is 5.97 Å². The summed E-state index contributed by atoms with van der Waals surface area (Å²) in [6, 6.07) is 6.44. The van der Waals surface area contributed by atoms with Crippen molar-refractivity contribution in [2.45, 2.75) is 26.3 Å². The first kappa shape index (κ1) is 17.8. The van der Waals surface area contributed by atoms with Gasteiger partial charge in [0.1, 0.15) is 28.6 Å². The molecule has 1 aromatic heterocycles. The molecule has 0 spiro atoms. The number of carbonyl (C=O) groups is 2. The maximum Gasteiger partial charge on any atom is 0.339 e. The van der Waals surface area contributed by atoms with Crippen molar-refractivity contribution in [2.75, 3.05) is 13.7 Å². The quantitative estimate of drug-likeness (QED) is 0.752. The molecule has 0 unspecified atom stereocenters. The fourth-order valence-corrected chi connectivity index (χ4v) is 2.53. The Morgan fingerprint density at radius 3 is 2.65 bits per heavy atom. The third kappa shape index (κ3) is 4.17. The van der Waals surface area contributed by atoms with E-state index in [-0.39, 0.29) is 18.0 Å². The predicted octanol–water partition coefficient (Wildman–Crippen LogP) is 3.01. The Balaban J connectivity index is 1.69. The maximum atomic E-state index is 12.5. The average molecular weight is 359 g/mol. The van der Waals surface area contributed by atoms with Crippen LogP contribution >= 0.6 is 0 Å². The Bertz CT molecular complexity index is 821. The molecule has 26 heavy (non-hydrogen) atoms.